The number of carbonyl (C=O) groups is 3. The highest BCUT2D eigenvalue weighted by atomic mass is 16.6. The fourth-order valence-electron chi connectivity index (χ4n) is 3.82. The summed E-state index contributed by atoms with van der Waals surface area (Å²) < 4.78 is 5.36. The summed E-state index contributed by atoms with van der Waals surface area (Å²) in [5, 5.41) is 16.4. The molecule has 2 aromatic rings. The van der Waals surface area contributed by atoms with E-state index in [1.165, 1.54) is 11.0 Å². The molecule has 0 bridgehead atoms. The largest absolute Gasteiger partial charge is 0.507 e. The Labute approximate surface area is 219 Å². The number of hydrogen-bond acceptors (Lipinski definition) is 5. The molecule has 8 nitrogen and oxygen atoms in total. The van der Waals surface area contributed by atoms with Crippen LogP contribution in [-0.4, -0.2) is 46.1 Å². The number of amides is 3. The van der Waals surface area contributed by atoms with Gasteiger partial charge in [-0.15, -0.1) is 6.58 Å². The van der Waals surface area contributed by atoms with Gasteiger partial charge < -0.3 is 25.4 Å². The zero-order valence-electron chi connectivity index (χ0n) is 22.6. The molecule has 0 saturated heterocycles. The molecular formula is C29H39N3O5. The third-order valence-corrected chi connectivity index (χ3v) is 5.65. The summed E-state index contributed by atoms with van der Waals surface area (Å²) in [6.07, 6.45) is 0.772. The van der Waals surface area contributed by atoms with Crippen LogP contribution in [0.25, 0.3) is 0 Å². The number of carbonyl (C=O) groups excluding carboxylic acids is 3. The molecule has 0 aliphatic rings. The van der Waals surface area contributed by atoms with Gasteiger partial charge in [0.05, 0.1) is 0 Å². The summed E-state index contributed by atoms with van der Waals surface area (Å²) in [4.78, 5) is 41.4. The lowest BCUT2D eigenvalue weighted by Crippen LogP contribution is -2.54. The number of ether oxygens (including phenoxy) is 1. The molecule has 0 saturated carbocycles. The van der Waals surface area contributed by atoms with E-state index in [1.807, 2.05) is 30.3 Å². The minimum Gasteiger partial charge on any atom is -0.507 e. The van der Waals surface area contributed by atoms with Crippen LogP contribution in [0.15, 0.2) is 61.2 Å². The first-order chi connectivity index (χ1) is 17.4. The maximum atomic E-state index is 13.9. The Balaban J connectivity index is 2.48. The van der Waals surface area contributed by atoms with E-state index in [1.54, 1.807) is 59.7 Å². The van der Waals surface area contributed by atoms with E-state index in [2.05, 4.69) is 17.2 Å². The summed E-state index contributed by atoms with van der Waals surface area (Å²) in [6.45, 7) is 14.5. The molecule has 2 unspecified atom stereocenters. The molecule has 2 rings (SSSR count). The minimum absolute atomic E-state index is 0.00879. The van der Waals surface area contributed by atoms with Crippen LogP contribution in [0, 0.1) is 12.8 Å². The summed E-state index contributed by atoms with van der Waals surface area (Å²) in [6, 6.07) is 12.3. The van der Waals surface area contributed by atoms with Gasteiger partial charge >= 0.3 is 6.09 Å². The van der Waals surface area contributed by atoms with E-state index in [0.29, 0.717) is 5.56 Å². The Bertz CT molecular complexity index is 1090. The van der Waals surface area contributed by atoms with Gasteiger partial charge in [0.2, 0.25) is 11.8 Å². The van der Waals surface area contributed by atoms with Gasteiger partial charge in [-0.3, -0.25) is 9.59 Å². The van der Waals surface area contributed by atoms with Crippen LogP contribution in [0.5, 0.6) is 5.75 Å². The molecule has 2 aromatic carbocycles. The van der Waals surface area contributed by atoms with Gasteiger partial charge in [-0.05, 0) is 44.7 Å². The standard InChI is InChI=1S/C29H39N3O5/c1-8-17-32(27(35)23(19(2)3)31-28(36)37-29(5,6)7)24(22-16-12-13-20(4)25(22)33)26(34)30-18-21-14-10-9-11-15-21/h8-16,19,23-24,33H,1,17-18H2,2-7H3,(H,30,34)(H,31,36). The predicted octanol–water partition coefficient (Wildman–Crippen LogP) is 4.62. The van der Waals surface area contributed by atoms with Crippen LogP contribution >= 0.6 is 0 Å². The van der Waals surface area contributed by atoms with Crippen molar-refractivity contribution in [2.75, 3.05) is 6.54 Å². The zero-order chi connectivity index (χ0) is 27.8. The number of aryl methyl sites for hydroxylation is 1. The Morgan fingerprint density at radius 2 is 1.73 bits per heavy atom. The van der Waals surface area contributed by atoms with Gasteiger partial charge in [-0.2, -0.15) is 0 Å². The summed E-state index contributed by atoms with van der Waals surface area (Å²) >= 11 is 0. The topological polar surface area (TPSA) is 108 Å². The van der Waals surface area contributed by atoms with Gasteiger partial charge in [0.15, 0.2) is 0 Å². The van der Waals surface area contributed by atoms with Crippen molar-refractivity contribution in [1.82, 2.24) is 15.5 Å². The predicted molar refractivity (Wildman–Crippen MR) is 144 cm³/mol. The van der Waals surface area contributed by atoms with Crippen molar-refractivity contribution in [3.8, 4) is 5.75 Å². The van der Waals surface area contributed by atoms with Crippen LogP contribution < -0.4 is 10.6 Å². The van der Waals surface area contributed by atoms with E-state index >= 15 is 0 Å². The molecule has 0 radical (unpaired) electrons. The third-order valence-electron chi connectivity index (χ3n) is 5.65. The van der Waals surface area contributed by atoms with Gasteiger partial charge in [0.25, 0.3) is 0 Å². The van der Waals surface area contributed by atoms with Crippen LogP contribution in [-0.2, 0) is 20.9 Å². The second kappa shape index (κ2) is 12.9. The molecular weight excluding hydrogens is 470 g/mol. The van der Waals surface area contributed by atoms with Crippen LogP contribution in [0.1, 0.15) is 57.4 Å². The van der Waals surface area contributed by atoms with Gasteiger partial charge in [-0.25, -0.2) is 4.79 Å². The van der Waals surface area contributed by atoms with Crippen molar-refractivity contribution in [3.05, 3.63) is 77.9 Å². The Kier molecular flexibility index (Phi) is 10.3. The number of alkyl carbamates (subject to hydrolysis) is 1. The number of phenolic OH excluding ortho intramolecular Hbond substituents is 1. The first kappa shape index (κ1) is 29.4. The van der Waals surface area contributed by atoms with Crippen molar-refractivity contribution < 1.29 is 24.2 Å². The quantitative estimate of drug-likeness (QED) is 0.405. The number of nitrogens with zero attached hydrogens (tertiary/aromatic N) is 1. The molecule has 0 aromatic heterocycles. The van der Waals surface area contributed by atoms with Crippen molar-refractivity contribution in [3.63, 3.8) is 0 Å². The van der Waals surface area contributed by atoms with Gasteiger partial charge in [0, 0.05) is 18.7 Å². The average Bonchev–Trinajstić information content (AvgIpc) is 2.82. The number of aromatic hydroxyl groups is 1. The highest BCUT2D eigenvalue weighted by Crippen LogP contribution is 2.32. The maximum absolute atomic E-state index is 13.9. The highest BCUT2D eigenvalue weighted by Gasteiger charge is 2.38. The number of para-hydroxylation sites is 1. The van der Waals surface area contributed by atoms with E-state index in [0.717, 1.165) is 5.56 Å². The van der Waals surface area contributed by atoms with E-state index < -0.39 is 35.6 Å². The molecule has 0 fully saturated rings. The highest BCUT2D eigenvalue weighted by molar-refractivity contribution is 5.92. The maximum Gasteiger partial charge on any atom is 0.408 e. The number of phenols is 1. The van der Waals surface area contributed by atoms with Crippen molar-refractivity contribution >= 4 is 17.9 Å². The van der Waals surface area contributed by atoms with Crippen LogP contribution in [0.3, 0.4) is 0 Å². The lowest BCUT2D eigenvalue weighted by Gasteiger charge is -2.35. The molecule has 0 aliphatic carbocycles. The molecule has 3 N–H and O–H groups in total. The lowest BCUT2D eigenvalue weighted by atomic mass is 9.97. The molecule has 2 atom stereocenters. The van der Waals surface area contributed by atoms with Gasteiger partial charge in [0.1, 0.15) is 23.4 Å². The molecule has 200 valence electrons. The second-order valence-corrected chi connectivity index (χ2v) is 10.3. The number of hydrogen-bond donors (Lipinski definition) is 3. The van der Waals surface area contributed by atoms with Crippen molar-refractivity contribution in [1.29, 1.82) is 0 Å². The SMILES string of the molecule is C=CCN(C(=O)C(NC(=O)OC(C)(C)C)C(C)C)C(C(=O)NCc1ccccc1)c1cccc(C)c1O. The Hall–Kier alpha value is -3.81. The first-order valence-electron chi connectivity index (χ1n) is 12.4. The smallest absolute Gasteiger partial charge is 0.408 e. The summed E-state index contributed by atoms with van der Waals surface area (Å²) in [7, 11) is 0. The monoisotopic (exact) mass is 509 g/mol. The molecule has 0 spiro atoms. The summed E-state index contributed by atoms with van der Waals surface area (Å²) in [5.41, 5.74) is 0.983. The molecule has 0 aliphatic heterocycles. The number of rotatable bonds is 10. The number of nitrogens with one attached hydrogen (secondary N) is 2. The van der Waals surface area contributed by atoms with Crippen molar-refractivity contribution in [2.45, 2.75) is 65.8 Å². The van der Waals surface area contributed by atoms with Crippen LogP contribution in [0.4, 0.5) is 4.79 Å². The Morgan fingerprint density at radius 1 is 1.08 bits per heavy atom. The minimum atomic E-state index is -1.17. The first-order valence-corrected chi connectivity index (χ1v) is 12.4. The van der Waals surface area contributed by atoms with Gasteiger partial charge in [-0.1, -0.05) is 68.5 Å². The lowest BCUT2D eigenvalue weighted by molar-refractivity contribution is -0.142. The molecule has 3 amide bonds. The number of benzene rings is 2. The fourth-order valence-corrected chi connectivity index (χ4v) is 3.82. The van der Waals surface area contributed by atoms with E-state index in [9.17, 15) is 19.5 Å². The zero-order valence-corrected chi connectivity index (χ0v) is 22.6. The van der Waals surface area contributed by atoms with Crippen molar-refractivity contribution in [2.24, 2.45) is 5.92 Å². The second-order valence-electron chi connectivity index (χ2n) is 10.3. The van der Waals surface area contributed by atoms with E-state index in [4.69, 9.17) is 4.74 Å². The third kappa shape index (κ3) is 8.37. The summed E-state index contributed by atoms with van der Waals surface area (Å²) in [5.74, 6) is -1.36. The normalized spacial score (nSPS) is 12.8. The fraction of sp³-hybridized carbons (Fsp3) is 0.414. The Morgan fingerprint density at radius 3 is 2.30 bits per heavy atom. The molecule has 0 heterocycles. The molecule has 8 heteroatoms. The van der Waals surface area contributed by atoms with Crippen LogP contribution in [0.2, 0.25) is 0 Å². The molecule has 37 heavy (non-hydrogen) atoms. The van der Waals surface area contributed by atoms with E-state index in [-0.39, 0.29) is 30.3 Å². The average molecular weight is 510 g/mol.